The molecule has 1 aliphatic heterocycles. The van der Waals surface area contributed by atoms with Gasteiger partial charge in [0, 0.05) is 25.1 Å². The number of aromatic amines is 1. The summed E-state index contributed by atoms with van der Waals surface area (Å²) >= 11 is 0. The van der Waals surface area contributed by atoms with Crippen LogP contribution >= 0.6 is 0 Å². The number of nitrogens with one attached hydrogen (secondary N) is 1. The topological polar surface area (TPSA) is 62.1 Å². The van der Waals surface area contributed by atoms with Gasteiger partial charge in [-0.2, -0.15) is 5.10 Å². The van der Waals surface area contributed by atoms with Crippen molar-refractivity contribution in [2.45, 2.75) is 45.6 Å². The summed E-state index contributed by atoms with van der Waals surface area (Å²) in [6, 6.07) is 3.94. The van der Waals surface area contributed by atoms with Crippen molar-refractivity contribution < 1.29 is 9.21 Å². The summed E-state index contributed by atoms with van der Waals surface area (Å²) < 4.78 is 5.47. The molecule has 0 aromatic carbocycles. The lowest BCUT2D eigenvalue weighted by Gasteiger charge is -2.23. The molecule has 5 heteroatoms. The Morgan fingerprint density at radius 3 is 3.05 bits per heavy atom. The molecule has 21 heavy (non-hydrogen) atoms. The first-order chi connectivity index (χ1) is 10.2. The SMILES string of the molecule is Cc1[nH]nc(CCC(=O)N2CCC[C@@H]2c2ccco2)c1C. The zero-order valence-corrected chi connectivity index (χ0v) is 12.6. The number of carbonyl (C=O) groups excluding carboxylic acids is 1. The Labute approximate surface area is 124 Å². The molecular formula is C16H21N3O2. The Kier molecular flexibility index (Phi) is 3.82. The predicted octanol–water partition coefficient (Wildman–Crippen LogP) is 2.92. The third-order valence-electron chi connectivity index (χ3n) is 4.37. The van der Waals surface area contributed by atoms with Crippen LogP contribution in [0.15, 0.2) is 22.8 Å². The molecule has 0 radical (unpaired) electrons. The number of hydrogen-bond donors (Lipinski definition) is 1. The first-order valence-electron chi connectivity index (χ1n) is 7.50. The molecule has 5 nitrogen and oxygen atoms in total. The maximum atomic E-state index is 12.5. The zero-order chi connectivity index (χ0) is 14.8. The summed E-state index contributed by atoms with van der Waals surface area (Å²) in [7, 11) is 0. The van der Waals surface area contributed by atoms with E-state index in [0.29, 0.717) is 12.8 Å². The lowest BCUT2D eigenvalue weighted by atomic mass is 10.1. The van der Waals surface area contributed by atoms with E-state index in [4.69, 9.17) is 4.42 Å². The van der Waals surface area contributed by atoms with Crippen LogP contribution in [-0.2, 0) is 11.2 Å². The summed E-state index contributed by atoms with van der Waals surface area (Å²) in [6.07, 6.45) is 4.89. The van der Waals surface area contributed by atoms with Gasteiger partial charge in [-0.15, -0.1) is 0 Å². The van der Waals surface area contributed by atoms with Gasteiger partial charge >= 0.3 is 0 Å². The van der Waals surface area contributed by atoms with Crippen molar-refractivity contribution in [3.63, 3.8) is 0 Å². The van der Waals surface area contributed by atoms with Crippen LogP contribution in [0.2, 0.25) is 0 Å². The second kappa shape index (κ2) is 5.76. The number of nitrogens with zero attached hydrogens (tertiary/aromatic N) is 2. The van der Waals surface area contributed by atoms with E-state index in [9.17, 15) is 4.79 Å². The summed E-state index contributed by atoms with van der Waals surface area (Å²) in [5.41, 5.74) is 3.23. The van der Waals surface area contributed by atoms with Gasteiger partial charge in [-0.25, -0.2) is 0 Å². The number of likely N-dealkylation sites (tertiary alicyclic amines) is 1. The Hall–Kier alpha value is -2.04. The average molecular weight is 287 g/mol. The number of furan rings is 1. The Bertz CT molecular complexity index is 616. The molecule has 1 N–H and O–H groups in total. The van der Waals surface area contributed by atoms with Crippen LogP contribution in [0.25, 0.3) is 0 Å². The molecule has 1 amide bonds. The molecule has 112 valence electrons. The van der Waals surface area contributed by atoms with Gasteiger partial charge in [0.2, 0.25) is 5.91 Å². The molecule has 0 unspecified atom stereocenters. The molecule has 1 aliphatic rings. The third-order valence-corrected chi connectivity index (χ3v) is 4.37. The molecule has 0 spiro atoms. The van der Waals surface area contributed by atoms with Crippen molar-refractivity contribution in [1.29, 1.82) is 0 Å². The number of aryl methyl sites for hydroxylation is 2. The molecule has 3 heterocycles. The van der Waals surface area contributed by atoms with Crippen LogP contribution < -0.4 is 0 Å². The molecule has 0 bridgehead atoms. The van der Waals surface area contributed by atoms with E-state index < -0.39 is 0 Å². The first kappa shape index (κ1) is 13.9. The number of hydrogen-bond acceptors (Lipinski definition) is 3. The minimum Gasteiger partial charge on any atom is -0.467 e. The number of H-pyrrole nitrogens is 1. The summed E-state index contributed by atoms with van der Waals surface area (Å²) in [4.78, 5) is 14.4. The summed E-state index contributed by atoms with van der Waals surface area (Å²) in [5.74, 6) is 1.08. The van der Waals surface area contributed by atoms with E-state index in [1.807, 2.05) is 30.9 Å². The van der Waals surface area contributed by atoms with Crippen molar-refractivity contribution >= 4 is 5.91 Å². The van der Waals surface area contributed by atoms with Crippen molar-refractivity contribution in [2.75, 3.05) is 6.54 Å². The average Bonchev–Trinajstić information content (AvgIpc) is 3.19. The maximum absolute atomic E-state index is 12.5. The van der Waals surface area contributed by atoms with Crippen LogP contribution in [0, 0.1) is 13.8 Å². The van der Waals surface area contributed by atoms with Gasteiger partial charge < -0.3 is 9.32 Å². The third kappa shape index (κ3) is 2.73. The van der Waals surface area contributed by atoms with Crippen molar-refractivity contribution in [2.24, 2.45) is 0 Å². The minimum absolute atomic E-state index is 0.106. The fraction of sp³-hybridized carbons (Fsp3) is 0.500. The number of aromatic nitrogens is 2. The molecule has 1 fully saturated rings. The van der Waals surface area contributed by atoms with Gasteiger partial charge in [-0.05, 0) is 44.4 Å². The van der Waals surface area contributed by atoms with Crippen LogP contribution in [0.1, 0.15) is 48.0 Å². The molecule has 0 aliphatic carbocycles. The lowest BCUT2D eigenvalue weighted by Crippen LogP contribution is -2.30. The monoisotopic (exact) mass is 287 g/mol. The van der Waals surface area contributed by atoms with Crippen LogP contribution in [0.4, 0.5) is 0 Å². The first-order valence-corrected chi connectivity index (χ1v) is 7.50. The van der Waals surface area contributed by atoms with E-state index in [-0.39, 0.29) is 11.9 Å². The highest BCUT2D eigenvalue weighted by atomic mass is 16.3. The smallest absolute Gasteiger partial charge is 0.223 e. The fourth-order valence-corrected chi connectivity index (χ4v) is 2.99. The van der Waals surface area contributed by atoms with Gasteiger partial charge in [0.05, 0.1) is 18.0 Å². The molecular weight excluding hydrogens is 266 g/mol. The van der Waals surface area contributed by atoms with E-state index >= 15 is 0 Å². The van der Waals surface area contributed by atoms with Gasteiger partial charge in [0.1, 0.15) is 5.76 Å². The van der Waals surface area contributed by atoms with E-state index in [0.717, 1.165) is 42.1 Å². The molecule has 2 aromatic heterocycles. The lowest BCUT2D eigenvalue weighted by molar-refractivity contribution is -0.132. The highest BCUT2D eigenvalue weighted by Gasteiger charge is 2.31. The Morgan fingerprint density at radius 2 is 2.38 bits per heavy atom. The van der Waals surface area contributed by atoms with Crippen molar-refractivity contribution in [1.82, 2.24) is 15.1 Å². The van der Waals surface area contributed by atoms with Gasteiger partial charge in [-0.1, -0.05) is 0 Å². The highest BCUT2D eigenvalue weighted by molar-refractivity contribution is 5.77. The number of amides is 1. The van der Waals surface area contributed by atoms with E-state index in [2.05, 4.69) is 10.2 Å². The number of rotatable bonds is 4. The van der Waals surface area contributed by atoms with Crippen LogP contribution in [0.3, 0.4) is 0 Å². The zero-order valence-electron chi connectivity index (χ0n) is 12.6. The molecule has 1 saturated heterocycles. The fourth-order valence-electron chi connectivity index (χ4n) is 2.99. The van der Waals surface area contributed by atoms with Crippen LogP contribution in [0.5, 0.6) is 0 Å². The second-order valence-electron chi connectivity index (χ2n) is 5.68. The summed E-state index contributed by atoms with van der Waals surface area (Å²) in [6.45, 7) is 4.87. The van der Waals surface area contributed by atoms with E-state index in [1.54, 1.807) is 6.26 Å². The highest BCUT2D eigenvalue weighted by Crippen LogP contribution is 2.32. The Morgan fingerprint density at radius 1 is 1.52 bits per heavy atom. The van der Waals surface area contributed by atoms with E-state index in [1.165, 1.54) is 0 Å². The summed E-state index contributed by atoms with van der Waals surface area (Å²) in [5, 5.41) is 7.24. The second-order valence-corrected chi connectivity index (χ2v) is 5.68. The molecule has 3 rings (SSSR count). The molecule has 0 saturated carbocycles. The predicted molar refractivity (Wildman–Crippen MR) is 78.8 cm³/mol. The van der Waals surface area contributed by atoms with Crippen LogP contribution in [-0.4, -0.2) is 27.5 Å². The largest absolute Gasteiger partial charge is 0.467 e. The van der Waals surface area contributed by atoms with Gasteiger partial charge in [0.25, 0.3) is 0 Å². The number of carbonyl (C=O) groups is 1. The maximum Gasteiger partial charge on any atom is 0.223 e. The van der Waals surface area contributed by atoms with Gasteiger partial charge in [-0.3, -0.25) is 9.89 Å². The Balaban J connectivity index is 1.63. The molecule has 2 aromatic rings. The van der Waals surface area contributed by atoms with Crippen molar-refractivity contribution in [3.8, 4) is 0 Å². The molecule has 1 atom stereocenters. The quantitative estimate of drug-likeness (QED) is 0.940. The normalized spacial score (nSPS) is 18.4. The van der Waals surface area contributed by atoms with Crippen molar-refractivity contribution in [3.05, 3.63) is 41.1 Å². The minimum atomic E-state index is 0.106. The standard InChI is InChI=1S/C16H21N3O2/c1-11-12(2)17-18-13(11)7-8-16(20)19-9-3-5-14(19)15-6-4-10-21-15/h4,6,10,14H,3,5,7-9H2,1-2H3,(H,17,18)/t14-/m1/s1. The van der Waals surface area contributed by atoms with Gasteiger partial charge in [0.15, 0.2) is 0 Å².